The molecule has 0 amide bonds. The molecule has 2 rings (SSSR count). The molecule has 1 aliphatic rings. The number of rotatable bonds is 5. The Balaban J connectivity index is 2.11. The van der Waals surface area contributed by atoms with Gasteiger partial charge in [-0.05, 0) is 59.1 Å². The third-order valence-corrected chi connectivity index (χ3v) is 5.62. The fraction of sp³-hybridized carbons (Fsp3) is 0.765. The number of hydrogen-bond donors (Lipinski definition) is 1. The topological polar surface area (TPSA) is 21.3 Å². The Bertz CT molecular complexity index is 434. The summed E-state index contributed by atoms with van der Waals surface area (Å²) in [5, 5.41) is 3.70. The van der Waals surface area contributed by atoms with Crippen LogP contribution in [0.3, 0.4) is 0 Å². The molecule has 3 heteroatoms. The lowest BCUT2D eigenvalue weighted by Crippen LogP contribution is -2.47. The molecule has 0 aliphatic carbocycles. The maximum atomic E-state index is 5.90. The lowest BCUT2D eigenvalue weighted by molar-refractivity contribution is 0.0602. The van der Waals surface area contributed by atoms with Crippen LogP contribution in [-0.4, -0.2) is 24.8 Å². The van der Waals surface area contributed by atoms with Gasteiger partial charge in [0.15, 0.2) is 0 Å². The van der Waals surface area contributed by atoms with Crippen molar-refractivity contribution in [2.24, 2.45) is 5.41 Å². The van der Waals surface area contributed by atoms with Crippen LogP contribution in [0.1, 0.15) is 50.8 Å². The van der Waals surface area contributed by atoms with Gasteiger partial charge in [0.05, 0.1) is 6.10 Å². The number of thiophene rings is 1. The summed E-state index contributed by atoms with van der Waals surface area (Å²) in [5.74, 6) is 0. The van der Waals surface area contributed by atoms with Gasteiger partial charge in [0.1, 0.15) is 0 Å². The van der Waals surface area contributed by atoms with Crippen molar-refractivity contribution in [2.75, 3.05) is 13.2 Å². The van der Waals surface area contributed by atoms with Crippen LogP contribution >= 0.6 is 11.3 Å². The van der Waals surface area contributed by atoms with Crippen molar-refractivity contribution in [3.05, 3.63) is 21.9 Å². The van der Waals surface area contributed by atoms with Crippen molar-refractivity contribution in [1.29, 1.82) is 0 Å². The van der Waals surface area contributed by atoms with Crippen molar-refractivity contribution >= 4 is 11.3 Å². The highest BCUT2D eigenvalue weighted by Crippen LogP contribution is 2.39. The quantitative estimate of drug-likeness (QED) is 0.885. The normalized spacial score (nSPS) is 27.1. The molecule has 2 nitrogen and oxygen atoms in total. The van der Waals surface area contributed by atoms with Gasteiger partial charge >= 0.3 is 0 Å². The van der Waals surface area contributed by atoms with Crippen LogP contribution in [-0.2, 0) is 17.6 Å². The SMILES string of the molecule is CCc1ccc(CC2(CNC(C)(C)C)CCOC2C)s1. The van der Waals surface area contributed by atoms with Crippen molar-refractivity contribution in [1.82, 2.24) is 5.32 Å². The van der Waals surface area contributed by atoms with E-state index in [1.807, 2.05) is 11.3 Å². The fourth-order valence-electron chi connectivity index (χ4n) is 2.84. The summed E-state index contributed by atoms with van der Waals surface area (Å²) in [4.78, 5) is 3.00. The number of nitrogens with one attached hydrogen (secondary N) is 1. The second kappa shape index (κ2) is 6.17. The lowest BCUT2D eigenvalue weighted by atomic mass is 9.77. The predicted octanol–water partition coefficient (Wildman–Crippen LogP) is 4.04. The van der Waals surface area contributed by atoms with Crippen LogP contribution in [0.25, 0.3) is 0 Å². The van der Waals surface area contributed by atoms with Crippen molar-refractivity contribution < 1.29 is 4.74 Å². The molecule has 0 saturated carbocycles. The van der Waals surface area contributed by atoms with E-state index in [1.54, 1.807) is 0 Å². The molecule has 20 heavy (non-hydrogen) atoms. The number of hydrogen-bond acceptors (Lipinski definition) is 3. The predicted molar refractivity (Wildman–Crippen MR) is 87.6 cm³/mol. The first-order chi connectivity index (χ1) is 9.35. The number of ether oxygens (including phenoxy) is 1. The zero-order valence-corrected chi connectivity index (χ0v) is 14.4. The maximum absolute atomic E-state index is 5.90. The number of aryl methyl sites for hydroxylation is 1. The van der Waals surface area contributed by atoms with E-state index in [1.165, 1.54) is 9.75 Å². The van der Waals surface area contributed by atoms with Gasteiger partial charge in [0, 0.05) is 33.9 Å². The lowest BCUT2D eigenvalue weighted by Gasteiger charge is -2.35. The Morgan fingerprint density at radius 1 is 1.35 bits per heavy atom. The second-order valence-electron chi connectivity index (χ2n) is 7.13. The third kappa shape index (κ3) is 3.84. The minimum absolute atomic E-state index is 0.166. The second-order valence-corrected chi connectivity index (χ2v) is 8.38. The summed E-state index contributed by atoms with van der Waals surface area (Å²) in [6.45, 7) is 13.1. The van der Waals surface area contributed by atoms with E-state index < -0.39 is 0 Å². The molecule has 0 spiro atoms. The Hall–Kier alpha value is -0.380. The summed E-state index contributed by atoms with van der Waals surface area (Å²) < 4.78 is 5.90. The van der Waals surface area contributed by atoms with Crippen LogP contribution in [0.2, 0.25) is 0 Å². The molecule has 1 N–H and O–H groups in total. The van der Waals surface area contributed by atoms with E-state index in [0.29, 0.717) is 6.10 Å². The highest BCUT2D eigenvalue weighted by Gasteiger charge is 2.42. The Labute approximate surface area is 127 Å². The Morgan fingerprint density at radius 3 is 2.55 bits per heavy atom. The minimum Gasteiger partial charge on any atom is -0.378 e. The molecule has 1 fully saturated rings. The van der Waals surface area contributed by atoms with Crippen LogP contribution in [0, 0.1) is 5.41 Å². The highest BCUT2D eigenvalue weighted by atomic mass is 32.1. The summed E-state index contributed by atoms with van der Waals surface area (Å²) >= 11 is 1.97. The third-order valence-electron chi connectivity index (χ3n) is 4.39. The first kappa shape index (κ1) is 16.0. The highest BCUT2D eigenvalue weighted by molar-refractivity contribution is 7.11. The molecule has 1 aromatic rings. The largest absolute Gasteiger partial charge is 0.378 e. The molecule has 0 aromatic carbocycles. The first-order valence-electron chi connectivity index (χ1n) is 7.79. The van der Waals surface area contributed by atoms with Crippen LogP contribution in [0.15, 0.2) is 12.1 Å². The van der Waals surface area contributed by atoms with Crippen LogP contribution in [0.5, 0.6) is 0 Å². The fourth-order valence-corrected chi connectivity index (χ4v) is 3.95. The van der Waals surface area contributed by atoms with Gasteiger partial charge in [-0.3, -0.25) is 0 Å². The molecule has 2 heterocycles. The van der Waals surface area contributed by atoms with Gasteiger partial charge in [-0.25, -0.2) is 0 Å². The Kier molecular flexibility index (Phi) is 4.93. The van der Waals surface area contributed by atoms with Gasteiger partial charge in [-0.1, -0.05) is 6.92 Å². The van der Waals surface area contributed by atoms with Gasteiger partial charge in [-0.15, -0.1) is 11.3 Å². The molecule has 1 saturated heterocycles. The smallest absolute Gasteiger partial charge is 0.0619 e. The van der Waals surface area contributed by atoms with Crippen LogP contribution < -0.4 is 5.32 Å². The maximum Gasteiger partial charge on any atom is 0.0619 e. The molecule has 1 aromatic heterocycles. The van der Waals surface area contributed by atoms with E-state index in [9.17, 15) is 0 Å². The van der Waals surface area contributed by atoms with E-state index in [2.05, 4.69) is 52.1 Å². The molecule has 1 aliphatic heterocycles. The van der Waals surface area contributed by atoms with E-state index in [4.69, 9.17) is 4.74 Å². The van der Waals surface area contributed by atoms with Gasteiger partial charge < -0.3 is 10.1 Å². The van der Waals surface area contributed by atoms with Crippen molar-refractivity contribution in [3.63, 3.8) is 0 Å². The molecule has 2 atom stereocenters. The molecule has 2 unspecified atom stereocenters. The summed E-state index contributed by atoms with van der Waals surface area (Å²) in [6, 6.07) is 4.60. The van der Waals surface area contributed by atoms with Crippen molar-refractivity contribution in [2.45, 2.75) is 65.5 Å². The average Bonchev–Trinajstić information content (AvgIpc) is 2.95. The van der Waals surface area contributed by atoms with Gasteiger partial charge in [-0.2, -0.15) is 0 Å². The monoisotopic (exact) mass is 295 g/mol. The molecular weight excluding hydrogens is 266 g/mol. The van der Waals surface area contributed by atoms with E-state index in [0.717, 1.165) is 32.4 Å². The van der Waals surface area contributed by atoms with Crippen LogP contribution in [0.4, 0.5) is 0 Å². The molecule has 114 valence electrons. The molecule has 0 bridgehead atoms. The Morgan fingerprint density at radius 2 is 2.05 bits per heavy atom. The summed E-state index contributed by atoms with van der Waals surface area (Å²) in [7, 11) is 0. The minimum atomic E-state index is 0.166. The van der Waals surface area contributed by atoms with E-state index >= 15 is 0 Å². The molecule has 0 radical (unpaired) electrons. The van der Waals surface area contributed by atoms with Crippen molar-refractivity contribution in [3.8, 4) is 0 Å². The van der Waals surface area contributed by atoms with E-state index in [-0.39, 0.29) is 11.0 Å². The average molecular weight is 295 g/mol. The summed E-state index contributed by atoms with van der Waals surface area (Å²) in [5.41, 5.74) is 0.419. The first-order valence-corrected chi connectivity index (χ1v) is 8.60. The van der Waals surface area contributed by atoms with Gasteiger partial charge in [0.25, 0.3) is 0 Å². The summed E-state index contributed by atoms with van der Waals surface area (Å²) in [6.07, 6.45) is 3.78. The zero-order chi connectivity index (χ0) is 14.8. The zero-order valence-electron chi connectivity index (χ0n) is 13.6. The standard InChI is InChI=1S/C17H29NOS/c1-6-14-7-8-15(20-14)11-17(9-10-19-13(17)2)12-18-16(3,4)5/h7-8,13,18H,6,9-12H2,1-5H3. The molecular formula is C17H29NOS. The van der Waals surface area contributed by atoms with Gasteiger partial charge in [0.2, 0.25) is 0 Å².